The van der Waals surface area contributed by atoms with Gasteiger partial charge in [-0.15, -0.1) is 0 Å². The van der Waals surface area contributed by atoms with E-state index in [-0.39, 0.29) is 0 Å². The van der Waals surface area contributed by atoms with Crippen LogP contribution in [0.25, 0.3) is 0 Å². The van der Waals surface area contributed by atoms with Crippen molar-refractivity contribution in [2.45, 2.75) is 77.9 Å². The summed E-state index contributed by atoms with van der Waals surface area (Å²) in [5.41, 5.74) is 0. The molecule has 0 spiro atoms. The molecule has 0 heterocycles. The number of rotatable bonds is 18. The molecule has 0 rings (SSSR count). The highest BCUT2D eigenvalue weighted by atomic mass is 17.0. The molecule has 4 atom stereocenters. The molecule has 0 radical (unpaired) electrons. The average Bonchev–Trinajstić information content (AvgIpc) is 2.75. The number of carbonyl (C=O) groups excluding carboxylic acids is 4. The third-order valence-electron chi connectivity index (χ3n) is 4.34. The van der Waals surface area contributed by atoms with Gasteiger partial charge in [0.05, 0.1) is 0 Å². The van der Waals surface area contributed by atoms with Crippen LogP contribution in [-0.4, -0.2) is 59.5 Å². The Labute approximate surface area is 195 Å². The van der Waals surface area contributed by atoms with E-state index in [1.54, 1.807) is 0 Å². The standard InChI is InChI=1S/C24H34O9/c1-11-19(25)15(5)29-23(9,30-16(6)20(26)12-2)33-24(10,31-17(7)21(27)13-3)32-18(8)22(28)14-4/h11-18H,1-4H2,5-10H3. The molecule has 33 heavy (non-hydrogen) atoms. The van der Waals surface area contributed by atoms with Gasteiger partial charge in [-0.2, -0.15) is 0 Å². The number of carbonyl (C=O) groups is 4. The summed E-state index contributed by atoms with van der Waals surface area (Å²) in [6.07, 6.45) is -0.249. The molecule has 0 aromatic heterocycles. The van der Waals surface area contributed by atoms with Crippen molar-refractivity contribution < 1.29 is 42.9 Å². The van der Waals surface area contributed by atoms with Gasteiger partial charge in [0.25, 0.3) is 11.9 Å². The van der Waals surface area contributed by atoms with Gasteiger partial charge in [-0.1, -0.05) is 26.3 Å². The molecule has 0 aromatic carbocycles. The molecule has 0 N–H and O–H groups in total. The molecule has 0 aliphatic carbocycles. The lowest BCUT2D eigenvalue weighted by atomic mass is 10.2. The number of hydrogen-bond acceptors (Lipinski definition) is 9. The first kappa shape index (κ1) is 30.4. The van der Waals surface area contributed by atoms with Crippen molar-refractivity contribution in [3.63, 3.8) is 0 Å². The van der Waals surface area contributed by atoms with Gasteiger partial charge in [-0.3, -0.25) is 23.9 Å². The maximum Gasteiger partial charge on any atom is 0.285 e. The molecule has 0 fully saturated rings. The maximum absolute atomic E-state index is 12.0. The van der Waals surface area contributed by atoms with Gasteiger partial charge in [0.1, 0.15) is 24.4 Å². The van der Waals surface area contributed by atoms with E-state index in [0.29, 0.717) is 0 Å². The van der Waals surface area contributed by atoms with Crippen molar-refractivity contribution in [1.82, 2.24) is 0 Å². The molecule has 0 aromatic rings. The third kappa shape index (κ3) is 9.85. The van der Waals surface area contributed by atoms with Crippen LogP contribution in [0.2, 0.25) is 0 Å². The van der Waals surface area contributed by atoms with Crippen LogP contribution in [0.5, 0.6) is 0 Å². The molecule has 0 saturated carbocycles. The Kier molecular flexibility index (Phi) is 12.2. The summed E-state index contributed by atoms with van der Waals surface area (Å²) in [5, 5.41) is 0. The van der Waals surface area contributed by atoms with Gasteiger partial charge in [-0.25, -0.2) is 0 Å². The molecule has 9 nitrogen and oxygen atoms in total. The summed E-state index contributed by atoms with van der Waals surface area (Å²) in [4.78, 5) is 48.1. The van der Waals surface area contributed by atoms with Gasteiger partial charge >= 0.3 is 0 Å². The molecule has 0 amide bonds. The zero-order valence-electron chi connectivity index (χ0n) is 20.1. The van der Waals surface area contributed by atoms with Crippen LogP contribution < -0.4 is 0 Å². The van der Waals surface area contributed by atoms with Gasteiger partial charge in [-0.05, 0) is 52.0 Å². The van der Waals surface area contributed by atoms with Crippen LogP contribution in [0.1, 0.15) is 41.5 Å². The summed E-state index contributed by atoms with van der Waals surface area (Å²) in [6, 6.07) is 0. The number of ether oxygens (including phenoxy) is 5. The SMILES string of the molecule is C=CC(=O)C(C)OC(C)(OC(C)C(=O)C=C)OC(C)(OC(C)C(=O)C=C)OC(C)C(=O)C=C. The van der Waals surface area contributed by atoms with Gasteiger partial charge in [0.15, 0.2) is 23.1 Å². The average molecular weight is 467 g/mol. The minimum Gasteiger partial charge on any atom is -0.316 e. The first-order chi connectivity index (χ1) is 15.2. The van der Waals surface area contributed by atoms with Crippen LogP contribution in [-0.2, 0) is 42.9 Å². The Morgan fingerprint density at radius 2 is 0.727 bits per heavy atom. The van der Waals surface area contributed by atoms with Crippen LogP contribution in [0.4, 0.5) is 0 Å². The lowest BCUT2D eigenvalue weighted by molar-refractivity contribution is -0.503. The Morgan fingerprint density at radius 1 is 0.545 bits per heavy atom. The molecule has 4 unspecified atom stereocenters. The predicted octanol–water partition coefficient (Wildman–Crippen LogP) is 2.99. The molecule has 0 aliphatic heterocycles. The zero-order valence-corrected chi connectivity index (χ0v) is 20.1. The molecular weight excluding hydrogens is 432 g/mol. The number of ketones is 4. The summed E-state index contributed by atoms with van der Waals surface area (Å²) < 4.78 is 28.5. The van der Waals surface area contributed by atoms with Crippen LogP contribution in [0, 0.1) is 0 Å². The summed E-state index contributed by atoms with van der Waals surface area (Å²) in [7, 11) is 0. The molecule has 0 bridgehead atoms. The van der Waals surface area contributed by atoms with E-state index in [0.717, 1.165) is 24.3 Å². The van der Waals surface area contributed by atoms with Gasteiger partial charge in [0.2, 0.25) is 0 Å². The highest BCUT2D eigenvalue weighted by Gasteiger charge is 2.46. The Balaban J connectivity index is 6.26. The van der Waals surface area contributed by atoms with E-state index in [9.17, 15) is 19.2 Å². The smallest absolute Gasteiger partial charge is 0.285 e. The highest BCUT2D eigenvalue weighted by Crippen LogP contribution is 2.31. The monoisotopic (exact) mass is 466 g/mol. The van der Waals surface area contributed by atoms with Crippen molar-refractivity contribution in [3.8, 4) is 0 Å². The van der Waals surface area contributed by atoms with Crippen molar-refractivity contribution >= 4 is 23.1 Å². The largest absolute Gasteiger partial charge is 0.316 e. The van der Waals surface area contributed by atoms with Crippen LogP contribution >= 0.6 is 0 Å². The lowest BCUT2D eigenvalue weighted by Crippen LogP contribution is -2.54. The molecule has 0 aliphatic rings. The van der Waals surface area contributed by atoms with Crippen LogP contribution in [0.3, 0.4) is 0 Å². The first-order valence-electron chi connectivity index (χ1n) is 10.2. The highest BCUT2D eigenvalue weighted by molar-refractivity contribution is 5.94. The third-order valence-corrected chi connectivity index (χ3v) is 4.34. The van der Waals surface area contributed by atoms with E-state index in [1.807, 2.05) is 0 Å². The van der Waals surface area contributed by atoms with E-state index in [1.165, 1.54) is 41.5 Å². The first-order valence-corrected chi connectivity index (χ1v) is 10.2. The normalized spacial score (nSPS) is 18.4. The van der Waals surface area contributed by atoms with E-state index >= 15 is 0 Å². The van der Waals surface area contributed by atoms with E-state index in [2.05, 4.69) is 26.3 Å². The van der Waals surface area contributed by atoms with E-state index < -0.39 is 59.5 Å². The summed E-state index contributed by atoms with van der Waals surface area (Å²) >= 11 is 0. The summed E-state index contributed by atoms with van der Waals surface area (Å²) in [5.74, 6) is -6.23. The van der Waals surface area contributed by atoms with Crippen molar-refractivity contribution in [2.24, 2.45) is 0 Å². The van der Waals surface area contributed by atoms with Crippen molar-refractivity contribution in [1.29, 1.82) is 0 Å². The quantitative estimate of drug-likeness (QED) is 0.222. The Bertz CT molecular complexity index is 663. The topological polar surface area (TPSA) is 114 Å². The maximum atomic E-state index is 12.0. The second-order valence-electron chi connectivity index (χ2n) is 7.29. The second kappa shape index (κ2) is 13.2. The molecule has 9 heteroatoms. The van der Waals surface area contributed by atoms with Crippen molar-refractivity contribution in [3.05, 3.63) is 50.6 Å². The minimum absolute atomic E-state index is 0.495. The second-order valence-corrected chi connectivity index (χ2v) is 7.29. The Hall–Kier alpha value is -2.56. The fraction of sp³-hybridized carbons (Fsp3) is 0.500. The lowest BCUT2D eigenvalue weighted by Gasteiger charge is -2.41. The minimum atomic E-state index is -2.13. The van der Waals surface area contributed by atoms with E-state index in [4.69, 9.17) is 23.7 Å². The van der Waals surface area contributed by atoms with Crippen molar-refractivity contribution in [2.75, 3.05) is 0 Å². The molecular formula is C24H34O9. The van der Waals surface area contributed by atoms with Crippen LogP contribution in [0.15, 0.2) is 50.6 Å². The molecule has 184 valence electrons. The van der Waals surface area contributed by atoms with Gasteiger partial charge in [0, 0.05) is 13.8 Å². The zero-order chi connectivity index (χ0) is 26.0. The fourth-order valence-corrected chi connectivity index (χ4v) is 2.67. The predicted molar refractivity (Wildman–Crippen MR) is 121 cm³/mol. The fourth-order valence-electron chi connectivity index (χ4n) is 2.67. The van der Waals surface area contributed by atoms with Gasteiger partial charge < -0.3 is 18.9 Å². The molecule has 0 saturated heterocycles. The number of hydrogen-bond donors (Lipinski definition) is 0. The Morgan fingerprint density at radius 3 is 0.879 bits per heavy atom. The summed E-state index contributed by atoms with van der Waals surface area (Å²) in [6.45, 7) is 21.8.